The average Bonchev–Trinajstić information content (AvgIpc) is 2.86. The van der Waals surface area contributed by atoms with Crippen LogP contribution in [-0.2, 0) is 10.9 Å². The van der Waals surface area contributed by atoms with E-state index < -0.39 is 11.2 Å². The highest BCUT2D eigenvalue weighted by molar-refractivity contribution is 7.15. The minimum atomic E-state index is -4.41. The van der Waals surface area contributed by atoms with Crippen molar-refractivity contribution in [3.63, 3.8) is 0 Å². The predicted octanol–water partition coefficient (Wildman–Crippen LogP) is 2.54. The molecule has 1 atom stereocenters. The Hall–Kier alpha value is -0.890. The van der Waals surface area contributed by atoms with E-state index in [2.05, 4.69) is 15.5 Å². The van der Waals surface area contributed by atoms with Crippen molar-refractivity contribution in [1.82, 2.24) is 10.2 Å². The third kappa shape index (κ3) is 3.53. The molecule has 1 aromatic heterocycles. The van der Waals surface area contributed by atoms with Crippen LogP contribution in [0.1, 0.15) is 24.3 Å². The number of hydrogen-bond acceptors (Lipinski definition) is 5. The Balaban J connectivity index is 1.77. The number of ether oxygens (including phenoxy) is 1. The van der Waals surface area contributed by atoms with Gasteiger partial charge in [-0.15, -0.1) is 10.2 Å². The molecule has 1 N–H and O–H groups in total. The second-order valence-corrected chi connectivity index (χ2v) is 4.74. The van der Waals surface area contributed by atoms with Crippen LogP contribution in [0.15, 0.2) is 0 Å². The zero-order valence-corrected chi connectivity index (χ0v) is 9.77. The molecule has 8 heteroatoms. The van der Waals surface area contributed by atoms with E-state index >= 15 is 0 Å². The van der Waals surface area contributed by atoms with Crippen molar-refractivity contribution in [2.75, 3.05) is 18.5 Å². The van der Waals surface area contributed by atoms with Gasteiger partial charge in [0, 0.05) is 13.2 Å². The Bertz CT molecular complexity index is 363. The van der Waals surface area contributed by atoms with E-state index in [9.17, 15) is 13.2 Å². The molecule has 0 amide bonds. The Labute approximate surface area is 100 Å². The van der Waals surface area contributed by atoms with Crippen molar-refractivity contribution in [1.29, 1.82) is 0 Å². The van der Waals surface area contributed by atoms with Crippen LogP contribution in [-0.4, -0.2) is 29.5 Å². The van der Waals surface area contributed by atoms with Gasteiger partial charge in [-0.2, -0.15) is 13.2 Å². The summed E-state index contributed by atoms with van der Waals surface area (Å²) in [5.41, 5.74) is 0. The molecule has 1 aliphatic rings. The minimum Gasteiger partial charge on any atom is -0.378 e. The first kappa shape index (κ1) is 12.6. The van der Waals surface area contributed by atoms with Gasteiger partial charge in [0.15, 0.2) is 0 Å². The van der Waals surface area contributed by atoms with E-state index in [4.69, 9.17) is 4.74 Å². The second kappa shape index (κ2) is 5.18. The second-order valence-electron chi connectivity index (χ2n) is 3.76. The lowest BCUT2D eigenvalue weighted by atomic mass is 10.2. The van der Waals surface area contributed by atoms with Crippen molar-refractivity contribution >= 4 is 16.5 Å². The number of nitrogens with zero attached hydrogens (tertiary/aromatic N) is 2. The molecule has 1 saturated heterocycles. The van der Waals surface area contributed by atoms with Gasteiger partial charge >= 0.3 is 6.18 Å². The lowest BCUT2D eigenvalue weighted by molar-refractivity contribution is -0.138. The topological polar surface area (TPSA) is 47.0 Å². The summed E-state index contributed by atoms with van der Waals surface area (Å²) in [4.78, 5) is 0. The minimum absolute atomic E-state index is 0.204. The van der Waals surface area contributed by atoms with Crippen molar-refractivity contribution in [2.24, 2.45) is 0 Å². The maximum Gasteiger partial charge on any atom is 0.445 e. The Morgan fingerprint density at radius 1 is 1.41 bits per heavy atom. The summed E-state index contributed by atoms with van der Waals surface area (Å²) in [5, 5.41) is 8.64. The molecular formula is C9H12F3N3OS. The van der Waals surface area contributed by atoms with Crippen LogP contribution < -0.4 is 5.32 Å². The van der Waals surface area contributed by atoms with E-state index in [1.165, 1.54) is 0 Å². The van der Waals surface area contributed by atoms with Crippen LogP contribution in [0, 0.1) is 0 Å². The first-order valence-electron chi connectivity index (χ1n) is 5.32. The standard InChI is InChI=1S/C9H12F3N3OS/c10-9(11,12)7-14-15-8(17-7)13-4-3-6-2-1-5-16-6/h6H,1-5H2,(H,13,15). The zero-order chi connectivity index (χ0) is 12.3. The maximum absolute atomic E-state index is 12.2. The van der Waals surface area contributed by atoms with E-state index in [0.29, 0.717) is 17.9 Å². The molecule has 1 aliphatic heterocycles. The number of alkyl halides is 3. The van der Waals surface area contributed by atoms with Gasteiger partial charge in [-0.1, -0.05) is 11.3 Å². The average molecular weight is 267 g/mol. The van der Waals surface area contributed by atoms with Gasteiger partial charge in [-0.25, -0.2) is 0 Å². The van der Waals surface area contributed by atoms with Gasteiger partial charge in [-0.3, -0.25) is 0 Å². The fraction of sp³-hybridized carbons (Fsp3) is 0.778. The van der Waals surface area contributed by atoms with Crippen LogP contribution >= 0.6 is 11.3 Å². The highest BCUT2D eigenvalue weighted by Crippen LogP contribution is 2.32. The number of nitrogens with one attached hydrogen (secondary N) is 1. The van der Waals surface area contributed by atoms with Crippen LogP contribution in [0.5, 0.6) is 0 Å². The van der Waals surface area contributed by atoms with E-state index in [1.807, 2.05) is 0 Å². The first-order chi connectivity index (χ1) is 8.05. The highest BCUT2D eigenvalue weighted by atomic mass is 32.1. The van der Waals surface area contributed by atoms with Crippen molar-refractivity contribution < 1.29 is 17.9 Å². The van der Waals surface area contributed by atoms with Crippen molar-refractivity contribution in [3.05, 3.63) is 5.01 Å². The summed E-state index contributed by atoms with van der Waals surface area (Å²) >= 11 is 0.523. The molecule has 2 rings (SSSR count). The molecule has 17 heavy (non-hydrogen) atoms. The summed E-state index contributed by atoms with van der Waals surface area (Å²) in [6, 6.07) is 0. The van der Waals surface area contributed by atoms with Gasteiger partial charge in [-0.05, 0) is 19.3 Å². The Morgan fingerprint density at radius 3 is 2.82 bits per heavy atom. The molecule has 0 spiro atoms. The van der Waals surface area contributed by atoms with Crippen molar-refractivity contribution in [2.45, 2.75) is 31.5 Å². The zero-order valence-electron chi connectivity index (χ0n) is 8.96. The monoisotopic (exact) mass is 267 g/mol. The molecule has 2 heterocycles. The quantitative estimate of drug-likeness (QED) is 0.910. The Kier molecular flexibility index (Phi) is 3.82. The van der Waals surface area contributed by atoms with Gasteiger partial charge in [0.2, 0.25) is 10.1 Å². The number of rotatable bonds is 4. The summed E-state index contributed by atoms with van der Waals surface area (Å²) in [6.45, 7) is 1.33. The molecule has 0 aliphatic carbocycles. The smallest absolute Gasteiger partial charge is 0.378 e. The van der Waals surface area contributed by atoms with Gasteiger partial charge < -0.3 is 10.1 Å². The third-order valence-electron chi connectivity index (χ3n) is 2.43. The number of aromatic nitrogens is 2. The summed E-state index contributed by atoms with van der Waals surface area (Å²) in [5.74, 6) is 0. The maximum atomic E-state index is 12.2. The lowest BCUT2D eigenvalue weighted by Gasteiger charge is -2.08. The molecule has 0 bridgehead atoms. The van der Waals surface area contributed by atoms with E-state index in [-0.39, 0.29) is 11.2 Å². The number of anilines is 1. The SMILES string of the molecule is FC(F)(F)c1nnc(NCCC2CCCO2)s1. The fourth-order valence-corrected chi connectivity index (χ4v) is 2.26. The molecular weight excluding hydrogens is 255 g/mol. The third-order valence-corrected chi connectivity index (χ3v) is 3.36. The van der Waals surface area contributed by atoms with Gasteiger partial charge in [0.05, 0.1) is 6.10 Å². The molecule has 1 unspecified atom stereocenters. The van der Waals surface area contributed by atoms with Crippen LogP contribution in [0.4, 0.5) is 18.3 Å². The largest absolute Gasteiger partial charge is 0.445 e. The highest BCUT2D eigenvalue weighted by Gasteiger charge is 2.35. The van der Waals surface area contributed by atoms with Crippen molar-refractivity contribution in [3.8, 4) is 0 Å². The molecule has 4 nitrogen and oxygen atoms in total. The molecule has 1 aromatic rings. The lowest BCUT2D eigenvalue weighted by Crippen LogP contribution is -2.12. The molecule has 96 valence electrons. The molecule has 0 aromatic carbocycles. The summed E-state index contributed by atoms with van der Waals surface area (Å²) in [6.07, 6.45) is -1.34. The molecule has 0 saturated carbocycles. The number of hydrogen-bond donors (Lipinski definition) is 1. The van der Waals surface area contributed by atoms with E-state index in [0.717, 1.165) is 25.9 Å². The number of halogens is 3. The molecule has 0 radical (unpaired) electrons. The predicted molar refractivity (Wildman–Crippen MR) is 57.0 cm³/mol. The van der Waals surface area contributed by atoms with Gasteiger partial charge in [0.25, 0.3) is 0 Å². The van der Waals surface area contributed by atoms with Gasteiger partial charge in [0.1, 0.15) is 0 Å². The van der Waals surface area contributed by atoms with E-state index in [1.54, 1.807) is 0 Å². The van der Waals surface area contributed by atoms with Crippen LogP contribution in [0.25, 0.3) is 0 Å². The summed E-state index contributed by atoms with van der Waals surface area (Å²) < 4.78 is 42.1. The van der Waals surface area contributed by atoms with Crippen LogP contribution in [0.3, 0.4) is 0 Å². The summed E-state index contributed by atoms with van der Waals surface area (Å²) in [7, 11) is 0. The first-order valence-corrected chi connectivity index (χ1v) is 6.13. The Morgan fingerprint density at radius 2 is 2.24 bits per heavy atom. The normalized spacial score (nSPS) is 20.8. The molecule has 1 fully saturated rings. The van der Waals surface area contributed by atoms with Crippen LogP contribution in [0.2, 0.25) is 0 Å². The fourth-order valence-electron chi connectivity index (χ4n) is 1.62.